The van der Waals surface area contributed by atoms with E-state index in [4.69, 9.17) is 9.47 Å². The molecule has 1 aliphatic carbocycles. The number of carbonyl (C=O) groups excluding carboxylic acids is 1. The first kappa shape index (κ1) is 16.1. The molecule has 0 spiro atoms. The molecule has 3 aliphatic rings. The Morgan fingerprint density at radius 2 is 2.00 bits per heavy atom. The number of rotatable bonds is 6. The normalized spacial score (nSPS) is 30.0. The molecule has 2 heterocycles. The van der Waals surface area contributed by atoms with Gasteiger partial charge in [-0.3, -0.25) is 4.79 Å². The Hall–Kier alpha value is -1.39. The Bertz CT molecular complexity index is 551. The summed E-state index contributed by atoms with van der Waals surface area (Å²) < 4.78 is 11.7. The molecule has 0 unspecified atom stereocenters. The fourth-order valence-electron chi connectivity index (χ4n) is 3.90. The van der Waals surface area contributed by atoms with Crippen LogP contribution in [0.1, 0.15) is 31.2 Å². The van der Waals surface area contributed by atoms with Crippen molar-refractivity contribution >= 4 is 5.91 Å². The van der Waals surface area contributed by atoms with Gasteiger partial charge in [0.25, 0.3) is 0 Å². The molecular formula is C20H27NO3. The number of hydrogen-bond donors (Lipinski definition) is 0. The number of amides is 1. The van der Waals surface area contributed by atoms with E-state index >= 15 is 0 Å². The number of hydrogen-bond acceptors (Lipinski definition) is 3. The highest BCUT2D eigenvalue weighted by Crippen LogP contribution is 2.32. The van der Waals surface area contributed by atoms with Gasteiger partial charge in [0.05, 0.1) is 24.7 Å². The summed E-state index contributed by atoms with van der Waals surface area (Å²) >= 11 is 0. The first-order valence-corrected chi connectivity index (χ1v) is 9.35. The average molecular weight is 329 g/mol. The number of likely N-dealkylation sites (tertiary alicyclic amines) is 1. The van der Waals surface area contributed by atoms with Gasteiger partial charge in [0.2, 0.25) is 5.91 Å². The van der Waals surface area contributed by atoms with Crippen LogP contribution in [-0.4, -0.2) is 49.3 Å². The number of benzene rings is 1. The van der Waals surface area contributed by atoms with Crippen molar-refractivity contribution in [2.45, 2.75) is 44.2 Å². The fraction of sp³-hybridized carbons (Fsp3) is 0.650. The predicted octanol–water partition coefficient (Wildman–Crippen LogP) is 2.66. The van der Waals surface area contributed by atoms with Gasteiger partial charge in [0.1, 0.15) is 0 Å². The lowest BCUT2D eigenvalue weighted by atomic mass is 10.00. The molecule has 2 aliphatic heterocycles. The molecule has 3 fully saturated rings. The van der Waals surface area contributed by atoms with Gasteiger partial charge in [-0.2, -0.15) is 0 Å². The SMILES string of the molecule is O=C([C@@H]1CCOC1)N1CC[C@H](OCC2CC2)[C@@H]1Cc1ccccc1. The Morgan fingerprint density at radius 3 is 2.71 bits per heavy atom. The molecule has 0 radical (unpaired) electrons. The van der Waals surface area contributed by atoms with E-state index in [1.807, 2.05) is 6.07 Å². The zero-order valence-electron chi connectivity index (χ0n) is 14.2. The van der Waals surface area contributed by atoms with E-state index < -0.39 is 0 Å². The van der Waals surface area contributed by atoms with E-state index in [1.54, 1.807) is 0 Å². The van der Waals surface area contributed by atoms with E-state index in [0.717, 1.165) is 44.9 Å². The molecule has 1 aromatic rings. The van der Waals surface area contributed by atoms with E-state index in [0.29, 0.717) is 6.61 Å². The lowest BCUT2D eigenvalue weighted by Crippen LogP contribution is -2.44. The summed E-state index contributed by atoms with van der Waals surface area (Å²) in [4.78, 5) is 15.0. The first-order chi connectivity index (χ1) is 11.8. The van der Waals surface area contributed by atoms with Crippen molar-refractivity contribution in [3.63, 3.8) is 0 Å². The largest absolute Gasteiger partial charge is 0.381 e. The van der Waals surface area contributed by atoms with Crippen LogP contribution in [-0.2, 0) is 20.7 Å². The molecule has 1 saturated carbocycles. The average Bonchev–Trinajstić information content (AvgIpc) is 3.12. The zero-order chi connectivity index (χ0) is 16.4. The fourth-order valence-corrected chi connectivity index (χ4v) is 3.90. The molecule has 3 atom stereocenters. The summed E-state index contributed by atoms with van der Waals surface area (Å²) in [6, 6.07) is 10.6. The third-order valence-corrected chi connectivity index (χ3v) is 5.58. The van der Waals surface area contributed by atoms with Gasteiger partial charge >= 0.3 is 0 Å². The van der Waals surface area contributed by atoms with Gasteiger partial charge in [0.15, 0.2) is 0 Å². The van der Waals surface area contributed by atoms with Gasteiger partial charge in [-0.25, -0.2) is 0 Å². The van der Waals surface area contributed by atoms with E-state index in [-0.39, 0.29) is 24.0 Å². The van der Waals surface area contributed by atoms with Crippen LogP contribution in [0.25, 0.3) is 0 Å². The minimum absolute atomic E-state index is 0.0467. The van der Waals surface area contributed by atoms with Crippen molar-refractivity contribution in [1.82, 2.24) is 4.90 Å². The van der Waals surface area contributed by atoms with Crippen LogP contribution in [0.3, 0.4) is 0 Å². The second-order valence-electron chi connectivity index (χ2n) is 7.45. The molecule has 0 N–H and O–H groups in total. The van der Waals surface area contributed by atoms with Crippen LogP contribution >= 0.6 is 0 Å². The lowest BCUT2D eigenvalue weighted by molar-refractivity contribution is -0.137. The van der Waals surface area contributed by atoms with E-state index in [1.165, 1.54) is 18.4 Å². The third kappa shape index (κ3) is 3.65. The zero-order valence-corrected chi connectivity index (χ0v) is 14.2. The van der Waals surface area contributed by atoms with Crippen LogP contribution in [0.2, 0.25) is 0 Å². The molecule has 1 amide bonds. The molecule has 2 saturated heterocycles. The minimum atomic E-state index is 0.0467. The van der Waals surface area contributed by atoms with Crippen LogP contribution in [0.5, 0.6) is 0 Å². The summed E-state index contributed by atoms with van der Waals surface area (Å²) in [5.74, 6) is 1.08. The number of ether oxygens (including phenoxy) is 2. The maximum absolute atomic E-state index is 12.9. The topological polar surface area (TPSA) is 38.8 Å². The first-order valence-electron chi connectivity index (χ1n) is 9.35. The summed E-state index contributed by atoms with van der Waals surface area (Å²) in [5, 5.41) is 0. The number of carbonyl (C=O) groups is 1. The molecule has 0 aromatic heterocycles. The van der Waals surface area contributed by atoms with Crippen molar-refractivity contribution in [2.75, 3.05) is 26.4 Å². The van der Waals surface area contributed by atoms with Crippen molar-refractivity contribution in [3.8, 4) is 0 Å². The standard InChI is InChI=1S/C20H27NO3/c22-20(17-9-11-23-14-17)21-10-8-19(24-13-16-6-7-16)18(21)12-15-4-2-1-3-5-15/h1-5,16-19H,6-14H2/t17-,18+,19+/m1/s1. The monoisotopic (exact) mass is 329 g/mol. The second-order valence-corrected chi connectivity index (χ2v) is 7.45. The van der Waals surface area contributed by atoms with Crippen LogP contribution in [0, 0.1) is 11.8 Å². The van der Waals surface area contributed by atoms with Crippen LogP contribution < -0.4 is 0 Å². The van der Waals surface area contributed by atoms with Crippen molar-refractivity contribution in [2.24, 2.45) is 11.8 Å². The maximum Gasteiger partial charge on any atom is 0.228 e. The number of nitrogens with zero attached hydrogens (tertiary/aromatic N) is 1. The lowest BCUT2D eigenvalue weighted by Gasteiger charge is -2.30. The summed E-state index contributed by atoms with van der Waals surface area (Å²) in [6.45, 7) is 2.99. The molecule has 4 heteroatoms. The highest BCUT2D eigenvalue weighted by molar-refractivity contribution is 5.80. The summed E-state index contributed by atoms with van der Waals surface area (Å²) in [5.41, 5.74) is 1.28. The third-order valence-electron chi connectivity index (χ3n) is 5.58. The predicted molar refractivity (Wildman–Crippen MR) is 91.7 cm³/mol. The smallest absolute Gasteiger partial charge is 0.228 e. The van der Waals surface area contributed by atoms with Crippen molar-refractivity contribution < 1.29 is 14.3 Å². The van der Waals surface area contributed by atoms with Gasteiger partial charge in [-0.15, -0.1) is 0 Å². The Kier molecular flexibility index (Phi) is 4.86. The van der Waals surface area contributed by atoms with E-state index in [2.05, 4.69) is 29.2 Å². The van der Waals surface area contributed by atoms with Gasteiger partial charge in [-0.1, -0.05) is 30.3 Å². The Labute approximate surface area is 144 Å². The summed E-state index contributed by atoms with van der Waals surface area (Å²) in [6.07, 6.45) is 5.49. The Balaban J connectivity index is 1.47. The molecular weight excluding hydrogens is 302 g/mol. The maximum atomic E-state index is 12.9. The summed E-state index contributed by atoms with van der Waals surface area (Å²) in [7, 11) is 0. The van der Waals surface area contributed by atoms with Crippen molar-refractivity contribution in [3.05, 3.63) is 35.9 Å². The molecule has 24 heavy (non-hydrogen) atoms. The highest BCUT2D eigenvalue weighted by Gasteiger charge is 2.41. The van der Waals surface area contributed by atoms with Crippen molar-refractivity contribution in [1.29, 1.82) is 0 Å². The van der Waals surface area contributed by atoms with Gasteiger partial charge < -0.3 is 14.4 Å². The van der Waals surface area contributed by atoms with E-state index in [9.17, 15) is 4.79 Å². The molecule has 4 nitrogen and oxygen atoms in total. The Morgan fingerprint density at radius 1 is 1.17 bits per heavy atom. The van der Waals surface area contributed by atoms with Crippen LogP contribution in [0.4, 0.5) is 0 Å². The molecule has 1 aromatic carbocycles. The quantitative estimate of drug-likeness (QED) is 0.805. The van der Waals surface area contributed by atoms with Crippen LogP contribution in [0.15, 0.2) is 30.3 Å². The van der Waals surface area contributed by atoms with Gasteiger partial charge in [-0.05, 0) is 43.6 Å². The molecule has 0 bridgehead atoms. The second kappa shape index (κ2) is 7.24. The van der Waals surface area contributed by atoms with Gasteiger partial charge in [0, 0.05) is 19.8 Å². The molecule has 4 rings (SSSR count). The minimum Gasteiger partial charge on any atom is -0.381 e. The molecule has 130 valence electrons. The highest BCUT2D eigenvalue weighted by atomic mass is 16.5.